The van der Waals surface area contributed by atoms with Crippen molar-refractivity contribution in [2.75, 3.05) is 13.1 Å². The van der Waals surface area contributed by atoms with Crippen LogP contribution in [0.5, 0.6) is 0 Å². The molecule has 0 bridgehead atoms. The van der Waals surface area contributed by atoms with Crippen molar-refractivity contribution in [3.63, 3.8) is 0 Å². The Bertz CT molecular complexity index is 754. The number of nitrogens with one attached hydrogen (secondary N) is 2. The van der Waals surface area contributed by atoms with Crippen molar-refractivity contribution < 1.29 is 0 Å². The number of aromatic nitrogens is 1. The zero-order valence-corrected chi connectivity index (χ0v) is 18.9. The number of guanidine groups is 1. The van der Waals surface area contributed by atoms with Gasteiger partial charge in [0.05, 0.1) is 6.54 Å². The summed E-state index contributed by atoms with van der Waals surface area (Å²) in [5.74, 6) is 0.850. The summed E-state index contributed by atoms with van der Waals surface area (Å²) in [6.45, 7) is 9.31. The van der Waals surface area contributed by atoms with Crippen LogP contribution in [0.2, 0.25) is 0 Å². The highest BCUT2D eigenvalue weighted by molar-refractivity contribution is 14.0. The van der Waals surface area contributed by atoms with E-state index in [1.54, 1.807) is 17.4 Å². The molecule has 5 nitrogen and oxygen atoms in total. The third kappa shape index (κ3) is 7.11. The molecule has 0 aromatic carbocycles. The number of hydrogen-bond acceptors (Lipinski definition) is 3. The lowest BCUT2D eigenvalue weighted by atomic mass is 10.3. The van der Waals surface area contributed by atoms with Crippen LogP contribution in [0.15, 0.2) is 39.4 Å². The van der Waals surface area contributed by atoms with Crippen molar-refractivity contribution >= 4 is 41.3 Å². The minimum Gasteiger partial charge on any atom is -0.357 e. The summed E-state index contributed by atoms with van der Waals surface area (Å²) in [6, 6.07) is 7.53. The van der Waals surface area contributed by atoms with Crippen LogP contribution in [-0.4, -0.2) is 23.6 Å². The van der Waals surface area contributed by atoms with E-state index in [2.05, 4.69) is 40.9 Å². The molecule has 26 heavy (non-hydrogen) atoms. The zero-order valence-electron chi connectivity index (χ0n) is 15.7. The molecule has 0 saturated heterocycles. The predicted molar refractivity (Wildman–Crippen MR) is 122 cm³/mol. The van der Waals surface area contributed by atoms with Gasteiger partial charge in [-0.25, -0.2) is 4.99 Å². The predicted octanol–water partition coefficient (Wildman–Crippen LogP) is 3.68. The van der Waals surface area contributed by atoms with Crippen molar-refractivity contribution in [3.8, 4) is 0 Å². The maximum absolute atomic E-state index is 11.8. The maximum atomic E-state index is 11.8. The van der Waals surface area contributed by atoms with Crippen LogP contribution in [0.4, 0.5) is 0 Å². The average Bonchev–Trinajstić information content (AvgIpc) is 2.99. The third-order valence-corrected chi connectivity index (χ3v) is 5.07. The van der Waals surface area contributed by atoms with Crippen LogP contribution in [0.3, 0.4) is 0 Å². The van der Waals surface area contributed by atoms with Crippen LogP contribution in [0.1, 0.15) is 35.9 Å². The molecule has 0 saturated carbocycles. The fraction of sp³-hybridized carbons (Fsp3) is 0.474. The topological polar surface area (TPSA) is 58.4 Å². The number of nitrogens with zero attached hydrogens (tertiary/aromatic N) is 2. The molecule has 2 heterocycles. The second kappa shape index (κ2) is 12.1. The Kier molecular flexibility index (Phi) is 10.6. The first-order chi connectivity index (χ1) is 12.1. The van der Waals surface area contributed by atoms with E-state index in [-0.39, 0.29) is 29.5 Å². The second-order valence-corrected chi connectivity index (χ2v) is 7.01. The smallest absolute Gasteiger partial charge is 0.250 e. The Balaban J connectivity index is 0.00000338. The van der Waals surface area contributed by atoms with Gasteiger partial charge in [-0.15, -0.1) is 35.3 Å². The maximum Gasteiger partial charge on any atom is 0.250 e. The van der Waals surface area contributed by atoms with Gasteiger partial charge in [0.25, 0.3) is 5.56 Å². The number of halogens is 1. The SMILES string of the molecule is CCNC(=NCc1sccc1C)NCCCCn1c(C)cccc1=O.I. The normalized spacial score (nSPS) is 11.1. The van der Waals surface area contributed by atoms with Gasteiger partial charge in [-0.2, -0.15) is 0 Å². The largest absolute Gasteiger partial charge is 0.357 e. The van der Waals surface area contributed by atoms with Crippen molar-refractivity contribution in [1.29, 1.82) is 0 Å². The van der Waals surface area contributed by atoms with Crippen LogP contribution < -0.4 is 16.2 Å². The van der Waals surface area contributed by atoms with Crippen LogP contribution in [0.25, 0.3) is 0 Å². The standard InChI is InChI=1S/C19H28N4OS.HI/c1-4-20-19(22-14-17-15(2)10-13-25-17)21-11-5-6-12-23-16(3)8-7-9-18(23)24;/h7-10,13H,4-6,11-12,14H2,1-3H3,(H2,20,21,22);1H. The number of hydrogen-bond donors (Lipinski definition) is 2. The fourth-order valence-corrected chi connectivity index (χ4v) is 3.40. The van der Waals surface area contributed by atoms with E-state index in [0.717, 1.165) is 44.1 Å². The van der Waals surface area contributed by atoms with Gasteiger partial charge in [0.15, 0.2) is 5.96 Å². The fourth-order valence-electron chi connectivity index (χ4n) is 2.57. The van der Waals surface area contributed by atoms with Crippen molar-refractivity contribution in [2.45, 2.75) is 46.7 Å². The lowest BCUT2D eigenvalue weighted by molar-refractivity contribution is 0.575. The minimum absolute atomic E-state index is 0. The molecule has 0 amide bonds. The lowest BCUT2D eigenvalue weighted by Gasteiger charge is -2.12. The van der Waals surface area contributed by atoms with Gasteiger partial charge in [-0.1, -0.05) is 6.07 Å². The Morgan fingerprint density at radius 3 is 2.65 bits per heavy atom. The quantitative estimate of drug-likeness (QED) is 0.258. The van der Waals surface area contributed by atoms with Gasteiger partial charge in [0, 0.05) is 36.3 Å². The first-order valence-electron chi connectivity index (χ1n) is 8.83. The molecule has 2 N–H and O–H groups in total. The molecule has 144 valence electrons. The summed E-state index contributed by atoms with van der Waals surface area (Å²) in [6.07, 6.45) is 1.95. The zero-order chi connectivity index (χ0) is 18.1. The molecule has 2 aromatic heterocycles. The van der Waals surface area contributed by atoms with Crippen LogP contribution in [-0.2, 0) is 13.1 Å². The van der Waals surface area contributed by atoms with Crippen molar-refractivity contribution in [3.05, 3.63) is 56.1 Å². The monoisotopic (exact) mass is 488 g/mol. The molecule has 0 aliphatic rings. The summed E-state index contributed by atoms with van der Waals surface area (Å²) in [5.41, 5.74) is 2.39. The van der Waals surface area contributed by atoms with Crippen molar-refractivity contribution in [1.82, 2.24) is 15.2 Å². The number of thiophene rings is 1. The number of rotatable bonds is 8. The highest BCUT2D eigenvalue weighted by Crippen LogP contribution is 2.16. The summed E-state index contributed by atoms with van der Waals surface area (Å²) in [7, 11) is 0. The van der Waals surface area contributed by atoms with Gasteiger partial charge >= 0.3 is 0 Å². The Morgan fingerprint density at radius 2 is 2.00 bits per heavy atom. The molecular formula is C19H29IN4OS. The Hall–Kier alpha value is -1.35. The van der Waals surface area contributed by atoms with E-state index < -0.39 is 0 Å². The van der Waals surface area contributed by atoms with Gasteiger partial charge in [0.2, 0.25) is 0 Å². The minimum atomic E-state index is 0. The molecule has 2 rings (SSSR count). The van der Waals surface area contributed by atoms with E-state index in [0.29, 0.717) is 6.54 Å². The van der Waals surface area contributed by atoms with Crippen LogP contribution in [0, 0.1) is 13.8 Å². The first-order valence-corrected chi connectivity index (χ1v) is 9.71. The summed E-state index contributed by atoms with van der Waals surface area (Å²) in [4.78, 5) is 17.8. The molecule has 0 unspecified atom stereocenters. The van der Waals surface area contributed by atoms with Gasteiger partial charge in [0.1, 0.15) is 0 Å². The lowest BCUT2D eigenvalue weighted by Crippen LogP contribution is -2.37. The third-order valence-electron chi connectivity index (χ3n) is 4.06. The Morgan fingerprint density at radius 1 is 1.19 bits per heavy atom. The number of aliphatic imine (C=N–C) groups is 1. The molecular weight excluding hydrogens is 459 g/mol. The van der Waals surface area contributed by atoms with Gasteiger partial charge in [-0.05, 0) is 56.7 Å². The van der Waals surface area contributed by atoms with Crippen LogP contribution >= 0.6 is 35.3 Å². The summed E-state index contributed by atoms with van der Waals surface area (Å²) in [5, 5.41) is 8.76. The summed E-state index contributed by atoms with van der Waals surface area (Å²) < 4.78 is 1.83. The molecule has 7 heteroatoms. The Labute approximate surface area is 177 Å². The van der Waals surface area contributed by atoms with E-state index in [1.807, 2.05) is 23.6 Å². The molecule has 0 aliphatic heterocycles. The van der Waals surface area contributed by atoms with E-state index in [1.165, 1.54) is 10.4 Å². The van der Waals surface area contributed by atoms with E-state index in [4.69, 9.17) is 0 Å². The molecule has 2 aromatic rings. The molecule has 0 atom stereocenters. The van der Waals surface area contributed by atoms with E-state index >= 15 is 0 Å². The first kappa shape index (κ1) is 22.7. The second-order valence-electron chi connectivity index (χ2n) is 6.01. The molecule has 0 spiro atoms. The highest BCUT2D eigenvalue weighted by atomic mass is 127. The average molecular weight is 488 g/mol. The van der Waals surface area contributed by atoms with Gasteiger partial charge in [-0.3, -0.25) is 4.79 Å². The number of pyridine rings is 1. The number of unbranched alkanes of at least 4 members (excludes halogenated alkanes) is 1. The molecule has 0 fully saturated rings. The van der Waals surface area contributed by atoms with Gasteiger partial charge < -0.3 is 15.2 Å². The molecule has 0 radical (unpaired) electrons. The van der Waals surface area contributed by atoms with Crippen molar-refractivity contribution in [2.24, 2.45) is 4.99 Å². The summed E-state index contributed by atoms with van der Waals surface area (Å²) >= 11 is 1.75. The number of aryl methyl sites for hydroxylation is 2. The van der Waals surface area contributed by atoms with E-state index in [9.17, 15) is 4.79 Å². The molecule has 0 aliphatic carbocycles. The highest BCUT2D eigenvalue weighted by Gasteiger charge is 2.02.